The molecule has 0 radical (unpaired) electrons. The minimum absolute atomic E-state index is 0.0893. The van der Waals surface area contributed by atoms with Gasteiger partial charge in [-0.2, -0.15) is 0 Å². The number of hydrogen-bond acceptors (Lipinski definition) is 6. The van der Waals surface area contributed by atoms with Crippen molar-refractivity contribution in [1.82, 2.24) is 4.98 Å². The average Bonchev–Trinajstić information content (AvgIpc) is 2.79. The zero-order chi connectivity index (χ0) is 21.8. The molecule has 0 bridgehead atoms. The number of halogens is 1. The number of hydrogen-bond donors (Lipinski definition) is 0. The Bertz CT molecular complexity index is 1280. The molecule has 4 aromatic rings. The highest BCUT2D eigenvalue weighted by Crippen LogP contribution is 2.25. The summed E-state index contributed by atoms with van der Waals surface area (Å²) in [6, 6.07) is 20.1. The zero-order valence-electron chi connectivity index (χ0n) is 16.4. The molecular weight excluding hydrogens is 401 g/mol. The molecule has 0 fully saturated rings. The van der Waals surface area contributed by atoms with Crippen molar-refractivity contribution in [2.45, 2.75) is 0 Å². The highest BCUT2D eigenvalue weighted by molar-refractivity contribution is 5.91. The zero-order valence-corrected chi connectivity index (χ0v) is 16.4. The molecule has 0 aliphatic rings. The van der Waals surface area contributed by atoms with Crippen LogP contribution >= 0.6 is 0 Å². The lowest BCUT2D eigenvalue weighted by atomic mass is 10.1. The van der Waals surface area contributed by atoms with Gasteiger partial charge in [-0.15, -0.1) is 0 Å². The van der Waals surface area contributed by atoms with Crippen LogP contribution in [0.3, 0.4) is 0 Å². The predicted octanol–water partition coefficient (Wildman–Crippen LogP) is 4.74. The molecule has 154 valence electrons. The number of aromatic nitrogens is 1. The van der Waals surface area contributed by atoms with Crippen LogP contribution in [-0.2, 0) is 0 Å². The van der Waals surface area contributed by atoms with E-state index in [2.05, 4.69) is 4.98 Å². The fourth-order valence-corrected chi connectivity index (χ4v) is 2.89. The van der Waals surface area contributed by atoms with E-state index in [-0.39, 0.29) is 11.5 Å². The molecule has 0 amide bonds. The molecule has 31 heavy (non-hydrogen) atoms. The second-order valence-electron chi connectivity index (χ2n) is 6.49. The number of carbonyl (C=O) groups excluding carboxylic acids is 1. The third-order valence-corrected chi connectivity index (χ3v) is 4.46. The predicted molar refractivity (Wildman–Crippen MR) is 112 cm³/mol. The van der Waals surface area contributed by atoms with Crippen LogP contribution in [0.25, 0.3) is 22.7 Å². The maximum Gasteiger partial charge on any atom is 0.343 e. The van der Waals surface area contributed by atoms with Crippen LogP contribution in [0, 0.1) is 5.82 Å². The molecule has 3 aromatic carbocycles. The average molecular weight is 417 g/mol. The van der Waals surface area contributed by atoms with Gasteiger partial charge in [0.25, 0.3) is 0 Å². The Kier molecular flexibility index (Phi) is 5.57. The van der Waals surface area contributed by atoms with E-state index in [1.807, 2.05) is 0 Å². The normalized spacial score (nSPS) is 10.5. The monoisotopic (exact) mass is 417 g/mol. The minimum Gasteiger partial charge on any atom is -0.497 e. The Morgan fingerprint density at radius 1 is 0.935 bits per heavy atom. The molecule has 7 heteroatoms. The molecule has 0 aliphatic carbocycles. The van der Waals surface area contributed by atoms with Crippen molar-refractivity contribution in [2.75, 3.05) is 7.11 Å². The van der Waals surface area contributed by atoms with Gasteiger partial charge in [-0.3, -0.25) is 0 Å². The van der Waals surface area contributed by atoms with Gasteiger partial charge in [-0.05, 0) is 60.7 Å². The van der Waals surface area contributed by atoms with Crippen LogP contribution in [0.4, 0.5) is 4.39 Å². The standard InChI is InChI=1S/C24H16FNO5/c1-29-17-10-8-16(9-11-17)24(28)30-18-12-6-15(7-13-18)21-14-22(27)31-23(26-21)19-4-2-3-5-20(19)25/h2-14H,1H3. The lowest BCUT2D eigenvalue weighted by Gasteiger charge is -2.07. The van der Waals surface area contributed by atoms with Gasteiger partial charge in [0, 0.05) is 5.56 Å². The van der Waals surface area contributed by atoms with Gasteiger partial charge >= 0.3 is 11.6 Å². The Labute approximate surface area is 176 Å². The molecule has 0 atom stereocenters. The van der Waals surface area contributed by atoms with Gasteiger partial charge in [0.15, 0.2) is 0 Å². The Hall–Kier alpha value is -4.26. The van der Waals surface area contributed by atoms with E-state index < -0.39 is 17.4 Å². The van der Waals surface area contributed by atoms with Crippen molar-refractivity contribution in [1.29, 1.82) is 0 Å². The second-order valence-corrected chi connectivity index (χ2v) is 6.49. The summed E-state index contributed by atoms with van der Waals surface area (Å²) in [5, 5.41) is 0. The number of carbonyl (C=O) groups is 1. The summed E-state index contributed by atoms with van der Waals surface area (Å²) < 4.78 is 29.5. The van der Waals surface area contributed by atoms with Crippen molar-refractivity contribution in [3.8, 4) is 34.2 Å². The van der Waals surface area contributed by atoms with Crippen LogP contribution in [0.1, 0.15) is 10.4 Å². The molecular formula is C24H16FNO5. The molecule has 6 nitrogen and oxygen atoms in total. The van der Waals surface area contributed by atoms with Crippen molar-refractivity contribution in [3.05, 3.63) is 101 Å². The maximum atomic E-state index is 14.0. The van der Waals surface area contributed by atoms with E-state index in [1.165, 1.54) is 24.3 Å². The fraction of sp³-hybridized carbons (Fsp3) is 0.0417. The summed E-state index contributed by atoms with van der Waals surface area (Å²) in [5.74, 6) is -0.222. The van der Waals surface area contributed by atoms with Gasteiger partial charge in [0.2, 0.25) is 5.89 Å². The summed E-state index contributed by atoms with van der Waals surface area (Å²) in [5.41, 5.74) is 0.698. The Balaban J connectivity index is 1.56. The van der Waals surface area contributed by atoms with E-state index in [4.69, 9.17) is 13.9 Å². The largest absolute Gasteiger partial charge is 0.497 e. The number of methoxy groups -OCH3 is 1. The molecule has 0 spiro atoms. The van der Waals surface area contributed by atoms with Gasteiger partial charge in [-0.1, -0.05) is 12.1 Å². The summed E-state index contributed by atoms with van der Waals surface area (Å²) in [4.78, 5) is 28.5. The van der Waals surface area contributed by atoms with E-state index in [9.17, 15) is 14.0 Å². The topological polar surface area (TPSA) is 78.6 Å². The molecule has 4 rings (SSSR count). The lowest BCUT2D eigenvalue weighted by molar-refractivity contribution is 0.0734. The first-order valence-corrected chi connectivity index (χ1v) is 9.27. The highest BCUT2D eigenvalue weighted by atomic mass is 19.1. The van der Waals surface area contributed by atoms with Crippen molar-refractivity contribution >= 4 is 5.97 Å². The second kappa shape index (κ2) is 8.62. The van der Waals surface area contributed by atoms with Crippen molar-refractivity contribution < 1.29 is 23.1 Å². The third kappa shape index (κ3) is 4.51. The van der Waals surface area contributed by atoms with Crippen LogP contribution in [0.15, 0.2) is 88.1 Å². The molecule has 1 aromatic heterocycles. The van der Waals surface area contributed by atoms with Crippen LogP contribution in [0.2, 0.25) is 0 Å². The van der Waals surface area contributed by atoms with E-state index >= 15 is 0 Å². The summed E-state index contributed by atoms with van der Waals surface area (Å²) in [6.07, 6.45) is 0. The van der Waals surface area contributed by atoms with Gasteiger partial charge in [0.1, 0.15) is 17.3 Å². The lowest BCUT2D eigenvalue weighted by Crippen LogP contribution is -2.08. The van der Waals surface area contributed by atoms with Crippen LogP contribution < -0.4 is 15.1 Å². The van der Waals surface area contributed by atoms with E-state index in [0.717, 1.165) is 0 Å². The SMILES string of the molecule is COc1ccc(C(=O)Oc2ccc(-c3cc(=O)oc(-c4ccccc4F)n3)cc2)cc1. The number of esters is 1. The van der Waals surface area contributed by atoms with Crippen molar-refractivity contribution in [2.24, 2.45) is 0 Å². The van der Waals surface area contributed by atoms with Gasteiger partial charge in [0.05, 0.1) is 30.0 Å². The van der Waals surface area contributed by atoms with Gasteiger partial charge < -0.3 is 13.9 Å². The molecule has 0 saturated heterocycles. The minimum atomic E-state index is -0.654. The summed E-state index contributed by atoms with van der Waals surface area (Å²) in [6.45, 7) is 0. The van der Waals surface area contributed by atoms with Crippen LogP contribution in [-0.4, -0.2) is 18.1 Å². The molecule has 0 saturated carbocycles. The van der Waals surface area contributed by atoms with Crippen molar-refractivity contribution in [3.63, 3.8) is 0 Å². The quantitative estimate of drug-likeness (QED) is 0.345. The number of ether oxygens (including phenoxy) is 2. The smallest absolute Gasteiger partial charge is 0.343 e. The highest BCUT2D eigenvalue weighted by Gasteiger charge is 2.13. The first-order valence-electron chi connectivity index (χ1n) is 9.27. The Morgan fingerprint density at radius 2 is 1.61 bits per heavy atom. The first kappa shape index (κ1) is 20.0. The van der Waals surface area contributed by atoms with Crippen LogP contribution in [0.5, 0.6) is 11.5 Å². The fourth-order valence-electron chi connectivity index (χ4n) is 2.89. The third-order valence-electron chi connectivity index (χ3n) is 4.46. The molecule has 0 unspecified atom stereocenters. The molecule has 0 aliphatic heterocycles. The molecule has 1 heterocycles. The van der Waals surface area contributed by atoms with E-state index in [1.54, 1.807) is 61.7 Å². The number of rotatable bonds is 5. The first-order chi connectivity index (χ1) is 15.0. The number of benzene rings is 3. The molecule has 0 N–H and O–H groups in total. The number of nitrogens with zero attached hydrogens (tertiary/aromatic N) is 1. The maximum absolute atomic E-state index is 14.0. The van der Waals surface area contributed by atoms with E-state index in [0.29, 0.717) is 28.3 Å². The Morgan fingerprint density at radius 3 is 2.29 bits per heavy atom. The van der Waals surface area contributed by atoms with Gasteiger partial charge in [-0.25, -0.2) is 19.0 Å². The summed E-state index contributed by atoms with van der Waals surface area (Å²) in [7, 11) is 1.54. The summed E-state index contributed by atoms with van der Waals surface area (Å²) >= 11 is 0.